The number of carbonyl (C=O) groups excluding carboxylic acids is 1. The molecule has 2 N–H and O–H groups in total. The van der Waals surface area contributed by atoms with Crippen LogP contribution in [-0.4, -0.2) is 42.4 Å². The van der Waals surface area contributed by atoms with Crippen LogP contribution in [0.1, 0.15) is 16.8 Å². The van der Waals surface area contributed by atoms with Gasteiger partial charge in [-0.3, -0.25) is 0 Å². The van der Waals surface area contributed by atoms with E-state index >= 15 is 0 Å². The zero-order valence-electron chi connectivity index (χ0n) is 10.9. The van der Waals surface area contributed by atoms with Crippen molar-refractivity contribution in [1.82, 2.24) is 5.32 Å². The van der Waals surface area contributed by atoms with E-state index in [2.05, 4.69) is 5.32 Å². The van der Waals surface area contributed by atoms with Gasteiger partial charge in [-0.25, -0.2) is 9.59 Å². The van der Waals surface area contributed by atoms with Crippen molar-refractivity contribution in [3.05, 3.63) is 35.9 Å². The van der Waals surface area contributed by atoms with Crippen molar-refractivity contribution in [1.29, 1.82) is 0 Å². The minimum atomic E-state index is -5.08. The fourth-order valence-electron chi connectivity index (χ4n) is 1.52. The molecular weight excluding hydrogens is 291 g/mol. The molecule has 1 aliphatic rings. The van der Waals surface area contributed by atoms with Gasteiger partial charge in [0.15, 0.2) is 0 Å². The fraction of sp³-hybridized carbons (Fsp3) is 0.385. The molecule has 0 aromatic heterocycles. The fourth-order valence-corrected chi connectivity index (χ4v) is 1.52. The van der Waals surface area contributed by atoms with Crippen LogP contribution in [0.15, 0.2) is 30.3 Å². The molecule has 0 saturated carbocycles. The number of halogens is 3. The van der Waals surface area contributed by atoms with Gasteiger partial charge < -0.3 is 15.2 Å². The van der Waals surface area contributed by atoms with E-state index in [0.717, 1.165) is 19.5 Å². The molecule has 1 aromatic rings. The summed E-state index contributed by atoms with van der Waals surface area (Å²) in [5.74, 6) is -2.98. The highest BCUT2D eigenvalue weighted by molar-refractivity contribution is 5.89. The molecule has 0 bridgehead atoms. The predicted molar refractivity (Wildman–Crippen MR) is 66.8 cm³/mol. The monoisotopic (exact) mass is 305 g/mol. The number of hydrogen-bond acceptors (Lipinski definition) is 4. The average Bonchev–Trinajstić information content (AvgIpc) is 2.92. The van der Waals surface area contributed by atoms with Gasteiger partial charge in [-0.15, -0.1) is 0 Å². The van der Waals surface area contributed by atoms with E-state index in [0.29, 0.717) is 5.56 Å². The van der Waals surface area contributed by atoms with E-state index in [1.165, 1.54) is 0 Å². The lowest BCUT2D eigenvalue weighted by molar-refractivity contribution is -0.192. The highest BCUT2D eigenvalue weighted by Gasteiger charge is 2.38. The highest BCUT2D eigenvalue weighted by Crippen LogP contribution is 2.13. The number of esters is 1. The second-order valence-electron chi connectivity index (χ2n) is 4.19. The van der Waals surface area contributed by atoms with E-state index in [-0.39, 0.29) is 12.1 Å². The smallest absolute Gasteiger partial charge is 0.475 e. The molecule has 1 atom stereocenters. The maximum absolute atomic E-state index is 11.6. The van der Waals surface area contributed by atoms with Crippen molar-refractivity contribution < 1.29 is 32.6 Å². The molecule has 0 unspecified atom stereocenters. The van der Waals surface area contributed by atoms with Crippen molar-refractivity contribution in [2.75, 3.05) is 13.1 Å². The molecule has 1 fully saturated rings. The third kappa shape index (κ3) is 6.26. The standard InChI is InChI=1S/C11H13NO2.C2HF3O2/c13-11(9-4-2-1-3-5-9)14-10-6-7-12-8-10;3-2(4,5)1(6)7/h1-5,10,12H,6-8H2;(H,6,7)/t10-;/m0./s1. The summed E-state index contributed by atoms with van der Waals surface area (Å²) in [4.78, 5) is 20.4. The Morgan fingerprint density at radius 1 is 1.24 bits per heavy atom. The molecule has 5 nitrogen and oxygen atoms in total. The van der Waals surface area contributed by atoms with Crippen LogP contribution in [0.3, 0.4) is 0 Å². The van der Waals surface area contributed by atoms with Gasteiger partial charge in [0, 0.05) is 6.54 Å². The largest absolute Gasteiger partial charge is 0.490 e. The zero-order valence-corrected chi connectivity index (χ0v) is 10.9. The number of benzene rings is 1. The Morgan fingerprint density at radius 2 is 1.81 bits per heavy atom. The van der Waals surface area contributed by atoms with E-state index in [9.17, 15) is 18.0 Å². The third-order valence-corrected chi connectivity index (χ3v) is 2.54. The molecule has 0 amide bonds. The van der Waals surface area contributed by atoms with Gasteiger partial charge in [-0.2, -0.15) is 13.2 Å². The van der Waals surface area contributed by atoms with Gasteiger partial charge in [0.2, 0.25) is 0 Å². The van der Waals surface area contributed by atoms with Crippen molar-refractivity contribution in [3.63, 3.8) is 0 Å². The van der Waals surface area contributed by atoms with Crippen LogP contribution in [0.4, 0.5) is 13.2 Å². The van der Waals surface area contributed by atoms with Crippen LogP contribution in [-0.2, 0) is 9.53 Å². The van der Waals surface area contributed by atoms with Gasteiger partial charge in [0.25, 0.3) is 0 Å². The van der Waals surface area contributed by atoms with Gasteiger partial charge in [-0.1, -0.05) is 18.2 Å². The minimum absolute atomic E-state index is 0.0442. The van der Waals surface area contributed by atoms with Crippen LogP contribution in [0.5, 0.6) is 0 Å². The van der Waals surface area contributed by atoms with Crippen molar-refractivity contribution in [2.45, 2.75) is 18.7 Å². The Kier molecular flexibility index (Phi) is 6.16. The van der Waals surface area contributed by atoms with Crippen molar-refractivity contribution in [3.8, 4) is 0 Å². The number of carboxylic acids is 1. The topological polar surface area (TPSA) is 75.6 Å². The summed E-state index contributed by atoms with van der Waals surface area (Å²) in [5.41, 5.74) is 0.624. The quantitative estimate of drug-likeness (QED) is 0.815. The molecule has 1 aromatic carbocycles. The predicted octanol–water partition coefficient (Wildman–Crippen LogP) is 1.84. The lowest BCUT2D eigenvalue weighted by atomic mass is 10.2. The number of alkyl halides is 3. The van der Waals surface area contributed by atoms with Gasteiger partial charge in [0.1, 0.15) is 6.10 Å². The molecule has 21 heavy (non-hydrogen) atoms. The summed E-state index contributed by atoms with van der Waals surface area (Å²) in [6, 6.07) is 9.09. The Hall–Kier alpha value is -2.09. The summed E-state index contributed by atoms with van der Waals surface area (Å²) in [6.07, 6.45) is -4.12. The first-order valence-electron chi connectivity index (χ1n) is 6.07. The van der Waals surface area contributed by atoms with Crippen LogP contribution < -0.4 is 5.32 Å². The van der Waals surface area contributed by atoms with Crippen LogP contribution in [0.2, 0.25) is 0 Å². The van der Waals surface area contributed by atoms with E-state index in [1.54, 1.807) is 12.1 Å². The second kappa shape index (κ2) is 7.63. The first kappa shape index (κ1) is 17.0. The lowest BCUT2D eigenvalue weighted by Gasteiger charge is -2.10. The van der Waals surface area contributed by atoms with E-state index in [4.69, 9.17) is 14.6 Å². The molecule has 1 aliphatic heterocycles. The molecule has 0 spiro atoms. The van der Waals surface area contributed by atoms with Crippen LogP contribution in [0, 0.1) is 0 Å². The first-order valence-corrected chi connectivity index (χ1v) is 6.07. The van der Waals surface area contributed by atoms with Crippen LogP contribution >= 0.6 is 0 Å². The lowest BCUT2D eigenvalue weighted by Crippen LogP contribution is -2.21. The third-order valence-electron chi connectivity index (χ3n) is 2.54. The summed E-state index contributed by atoms with van der Waals surface area (Å²) >= 11 is 0. The summed E-state index contributed by atoms with van der Waals surface area (Å²) < 4.78 is 37.0. The van der Waals surface area contributed by atoms with Crippen molar-refractivity contribution in [2.24, 2.45) is 0 Å². The van der Waals surface area contributed by atoms with Gasteiger partial charge in [0.05, 0.1) is 5.56 Å². The maximum atomic E-state index is 11.6. The van der Waals surface area contributed by atoms with Gasteiger partial charge in [-0.05, 0) is 25.1 Å². The SMILES string of the molecule is O=C(O)C(F)(F)F.O=C(O[C@H]1CCNC1)c1ccccc1. The molecule has 116 valence electrons. The summed E-state index contributed by atoms with van der Waals surface area (Å²) in [6.45, 7) is 1.71. The molecular formula is C13H14F3NO4. The van der Waals surface area contributed by atoms with Gasteiger partial charge >= 0.3 is 18.1 Å². The maximum Gasteiger partial charge on any atom is 0.490 e. The number of carboxylic acid groups (broad SMARTS) is 1. The van der Waals surface area contributed by atoms with Crippen LogP contribution in [0.25, 0.3) is 0 Å². The highest BCUT2D eigenvalue weighted by atomic mass is 19.4. The Morgan fingerprint density at radius 3 is 2.24 bits per heavy atom. The van der Waals surface area contributed by atoms with E-state index in [1.807, 2.05) is 18.2 Å². The normalized spacial score (nSPS) is 17.6. The first-order chi connectivity index (χ1) is 9.80. The second-order valence-corrected chi connectivity index (χ2v) is 4.19. The molecule has 0 radical (unpaired) electrons. The molecule has 0 aliphatic carbocycles. The molecule has 1 saturated heterocycles. The number of nitrogens with one attached hydrogen (secondary N) is 1. The zero-order chi connectivity index (χ0) is 15.9. The summed E-state index contributed by atoms with van der Waals surface area (Å²) in [5, 5.41) is 10.3. The average molecular weight is 305 g/mol. The number of carbonyl (C=O) groups is 2. The minimum Gasteiger partial charge on any atom is -0.475 e. The molecule has 8 heteroatoms. The molecule has 2 rings (SSSR count). The number of aliphatic carboxylic acids is 1. The Bertz CT molecular complexity index is 470. The van der Waals surface area contributed by atoms with E-state index < -0.39 is 12.1 Å². The Labute approximate surface area is 118 Å². The number of rotatable bonds is 2. The Balaban J connectivity index is 0.000000270. The van der Waals surface area contributed by atoms with Crippen molar-refractivity contribution >= 4 is 11.9 Å². The summed E-state index contributed by atoms with van der Waals surface area (Å²) in [7, 11) is 0. The number of hydrogen-bond donors (Lipinski definition) is 2. The number of ether oxygens (including phenoxy) is 1. The molecule has 1 heterocycles.